The van der Waals surface area contributed by atoms with E-state index < -0.39 is 53.6 Å². The van der Waals surface area contributed by atoms with Crippen molar-refractivity contribution in [2.45, 2.75) is 171 Å². The number of sulfonamides is 3. The highest BCUT2D eigenvalue weighted by atomic mass is 32.2. The molecule has 3 aromatic carbocycles. The highest BCUT2D eigenvalue weighted by Crippen LogP contribution is 2.53. The van der Waals surface area contributed by atoms with Crippen LogP contribution in [-0.4, -0.2) is 129 Å². The Balaban J connectivity index is 0.000000158. The van der Waals surface area contributed by atoms with E-state index in [9.17, 15) is 44.0 Å². The molecule has 6 aromatic heterocycles. The van der Waals surface area contributed by atoms with E-state index in [1.165, 1.54) is 59.7 Å². The van der Waals surface area contributed by atoms with Crippen LogP contribution in [0, 0.1) is 29.5 Å². The lowest BCUT2D eigenvalue weighted by molar-refractivity contribution is 0.0972. The summed E-state index contributed by atoms with van der Waals surface area (Å²) in [5.41, 5.74) is 9.91. The van der Waals surface area contributed by atoms with Gasteiger partial charge in [0.25, 0.3) is 47.8 Å². The van der Waals surface area contributed by atoms with Crippen molar-refractivity contribution in [3.8, 4) is 17.0 Å². The van der Waals surface area contributed by atoms with Crippen LogP contribution in [0.25, 0.3) is 11.3 Å². The molecule has 9 aromatic rings. The van der Waals surface area contributed by atoms with Gasteiger partial charge >= 0.3 is 0 Å². The van der Waals surface area contributed by atoms with Gasteiger partial charge in [-0.25, -0.2) is 48.5 Å². The summed E-state index contributed by atoms with van der Waals surface area (Å²) in [4.78, 5) is 74.6. The first-order valence-corrected chi connectivity index (χ1v) is 43.0. The third-order valence-corrected chi connectivity index (χ3v) is 24.9. The largest absolute Gasteiger partial charge is 0.493 e. The molecule has 4 saturated heterocycles. The lowest BCUT2D eigenvalue weighted by atomic mass is 9.87. The van der Waals surface area contributed by atoms with E-state index in [1.807, 2.05) is 62.4 Å². The number of carbonyl (C=O) groups is 3. The molecule has 0 bridgehead atoms. The second kappa shape index (κ2) is 33.4. The highest BCUT2D eigenvalue weighted by Gasteiger charge is 2.54. The number of rotatable bonds is 20. The first-order chi connectivity index (χ1) is 53.9. The second-order valence-corrected chi connectivity index (χ2v) is 38.2. The lowest BCUT2D eigenvalue weighted by Gasteiger charge is -2.34. The number of hydrogen-bond acceptors (Lipinski definition) is 22. The zero-order valence-electron chi connectivity index (χ0n) is 66.6. The molecule has 25 nitrogen and oxygen atoms in total. The van der Waals surface area contributed by atoms with Gasteiger partial charge < -0.3 is 35.4 Å². The molecule has 3 amide bonds. The van der Waals surface area contributed by atoms with E-state index in [2.05, 4.69) is 145 Å². The Hall–Kier alpha value is -10.7. The molecule has 4 unspecified atom stereocenters. The number of carbonyl (C=O) groups excluding carboxylic acids is 3. The van der Waals surface area contributed by atoms with Crippen LogP contribution in [0.1, 0.15) is 176 Å². The van der Waals surface area contributed by atoms with Gasteiger partial charge in [0.2, 0.25) is 0 Å². The van der Waals surface area contributed by atoms with Gasteiger partial charge in [0.15, 0.2) is 15.1 Å². The lowest BCUT2D eigenvalue weighted by Crippen LogP contribution is -2.41. The van der Waals surface area contributed by atoms with E-state index in [4.69, 9.17) is 15.5 Å². The topological polar surface area (TPSA) is 327 Å². The SMILES string of the molecule is CC(C)COc1cc(F)cc(-c2ccc(C(=O)NS(=O)(=O)c3cccc(N)n3)c(N3CC(C)CC34CC4)n2)c1.CC1CN(c2ncccc2C(=O)NS(=O)(=O)c2cccc(N3CCCC(c4ccccc4)C3)n2)C(C)(C)C1.CC1CN(c2ncccc2C(=O)NS(=O)(=O)c2cccc(Nc3ccc(C(C)(C)C)cc3)n2)C(C)(C)C1. The maximum Gasteiger partial charge on any atom is 0.281 e. The average molecular weight is 1610 g/mol. The number of nitrogens with one attached hydrogen (secondary N) is 4. The Bertz CT molecular complexity index is 5380. The van der Waals surface area contributed by atoms with Gasteiger partial charge in [0.05, 0.1) is 29.0 Å². The van der Waals surface area contributed by atoms with Gasteiger partial charge in [-0.1, -0.05) is 116 Å². The molecule has 5 aliphatic rings. The molecule has 29 heteroatoms. The van der Waals surface area contributed by atoms with E-state index >= 15 is 0 Å². The first-order valence-electron chi connectivity index (χ1n) is 38.6. The van der Waals surface area contributed by atoms with Crippen LogP contribution in [0.3, 0.4) is 0 Å². The molecule has 1 aliphatic carbocycles. The number of anilines is 7. The van der Waals surface area contributed by atoms with Crippen LogP contribution in [0.5, 0.6) is 5.75 Å². The maximum absolute atomic E-state index is 14.5. The Morgan fingerprint density at radius 1 is 0.570 bits per heavy atom. The number of ether oxygens (including phenoxy) is 1. The molecule has 0 radical (unpaired) electrons. The van der Waals surface area contributed by atoms with E-state index in [0.717, 1.165) is 76.8 Å². The fourth-order valence-electron chi connectivity index (χ4n) is 15.8. The van der Waals surface area contributed by atoms with Crippen molar-refractivity contribution in [1.82, 2.24) is 44.1 Å². The summed E-state index contributed by atoms with van der Waals surface area (Å²) in [6.07, 6.45) is 10.1. The van der Waals surface area contributed by atoms with Crippen molar-refractivity contribution in [3.63, 3.8) is 0 Å². The first kappa shape index (κ1) is 82.8. The summed E-state index contributed by atoms with van der Waals surface area (Å²) < 4.78 is 106. The van der Waals surface area contributed by atoms with Crippen molar-refractivity contribution in [1.29, 1.82) is 0 Å². The average Bonchev–Trinajstić information content (AvgIpc) is 1.57. The summed E-state index contributed by atoms with van der Waals surface area (Å²) in [6, 6.07) is 46.0. The summed E-state index contributed by atoms with van der Waals surface area (Å²) in [6.45, 7) is 29.5. The fraction of sp³-hybridized carbons (Fsp3) is 0.400. The van der Waals surface area contributed by atoms with Crippen molar-refractivity contribution in [2.24, 2.45) is 23.7 Å². The molecule has 6 N–H and O–H groups in total. The van der Waals surface area contributed by atoms with E-state index in [1.54, 1.807) is 67.0 Å². The van der Waals surface area contributed by atoms with Crippen molar-refractivity contribution < 1.29 is 48.8 Å². The number of amides is 3. The standard InChI is InChI=1S/C29H35N5O3S.C28H32FN5O4S.C28H35N5O3S/c1-21-18-29(2,3)34(19-21)27-24(13-8-16-30-27)28(35)32-38(36,37)26-15-7-14-25(31-26)33-17-9-12-23(20-33)22-10-5-4-6-11-22;1-17(2)16-38-21-12-19(11-20(29)13-21)23-8-7-22(26(31-23)34-15-18(3)14-28(34)9-10-28)27(35)33-39(36,37)25-6-4-5-24(30)32-25;1-19-17-28(5,6)33(18-19)25-22(9-8-16-29-25)26(34)32-37(35,36)24-11-7-10-23(31-24)30-21-14-12-20(13-15-21)27(2,3)4/h4-8,10-11,13-16,21,23H,9,12,17-20H2,1-3H3,(H,32,35);4-8,11-13,17-18H,9-10,14-16H2,1-3H3,(H2,30,32)(H,33,35);7-16,19H,17-18H2,1-6H3,(H,30,31)(H,32,34). The van der Waals surface area contributed by atoms with Crippen LogP contribution >= 0.6 is 0 Å². The Kier molecular flexibility index (Phi) is 24.3. The molecule has 1 spiro atoms. The third-order valence-electron chi connectivity index (χ3n) is 21.2. The number of nitrogens with two attached hydrogens (primary N) is 1. The van der Waals surface area contributed by atoms with Gasteiger partial charge in [-0.15, -0.1) is 0 Å². The number of hydrogen-bond donors (Lipinski definition) is 5. The Morgan fingerprint density at radius 3 is 1.63 bits per heavy atom. The minimum absolute atomic E-state index is 0.0191. The highest BCUT2D eigenvalue weighted by molar-refractivity contribution is 7.90. The quantitative estimate of drug-likeness (QED) is 0.0473. The van der Waals surface area contributed by atoms with E-state index in [0.29, 0.717) is 82.9 Å². The molecule has 5 fully saturated rings. The van der Waals surface area contributed by atoms with Gasteiger partial charge in [-0.2, -0.15) is 25.3 Å². The zero-order chi connectivity index (χ0) is 81.9. The van der Waals surface area contributed by atoms with Gasteiger partial charge in [-0.05, 0) is 210 Å². The van der Waals surface area contributed by atoms with E-state index in [-0.39, 0.29) is 65.5 Å². The van der Waals surface area contributed by atoms with Gasteiger partial charge in [-0.3, -0.25) is 14.4 Å². The number of aromatic nitrogens is 6. The minimum Gasteiger partial charge on any atom is -0.493 e. The monoisotopic (exact) mass is 1610 g/mol. The summed E-state index contributed by atoms with van der Waals surface area (Å²) >= 11 is 0. The van der Waals surface area contributed by atoms with Crippen molar-refractivity contribution in [2.75, 3.05) is 70.0 Å². The molecular formula is C85H102FN15O10S3. The molecule has 1 saturated carbocycles. The van der Waals surface area contributed by atoms with Crippen LogP contribution in [0.15, 0.2) is 191 Å². The predicted octanol–water partition coefficient (Wildman–Crippen LogP) is 14.3. The van der Waals surface area contributed by atoms with Crippen LogP contribution in [-0.2, 0) is 35.5 Å². The third kappa shape index (κ3) is 19.6. The number of halogens is 1. The molecule has 4 atom stereocenters. The predicted molar refractivity (Wildman–Crippen MR) is 442 cm³/mol. The summed E-state index contributed by atoms with van der Waals surface area (Å²) in [5.74, 6) is 1.82. The smallest absolute Gasteiger partial charge is 0.281 e. The minimum atomic E-state index is -4.28. The molecule has 10 heterocycles. The molecule has 114 heavy (non-hydrogen) atoms. The van der Waals surface area contributed by atoms with Gasteiger partial charge in [0, 0.05) is 85.0 Å². The number of piperidine rings is 1. The summed E-state index contributed by atoms with van der Waals surface area (Å²) in [7, 11) is -12.7. The summed E-state index contributed by atoms with van der Waals surface area (Å²) in [5, 5.41) is 2.35. The Labute approximate surface area is 668 Å². The van der Waals surface area contributed by atoms with Crippen LogP contribution in [0.2, 0.25) is 0 Å². The number of nitrogen functional groups attached to an aromatic ring is 1. The van der Waals surface area contributed by atoms with Crippen molar-refractivity contribution >= 4 is 88.4 Å². The molecular weight excluding hydrogens is 1510 g/mol. The second-order valence-electron chi connectivity index (χ2n) is 33.4. The Morgan fingerprint density at radius 2 is 1.10 bits per heavy atom. The molecule has 4 aliphatic heterocycles. The molecule has 14 rings (SSSR count). The van der Waals surface area contributed by atoms with Gasteiger partial charge in [0.1, 0.15) is 46.5 Å². The molecule has 602 valence electrons. The number of nitrogens with zero attached hydrogens (tertiary/aromatic N) is 10. The maximum atomic E-state index is 14.5. The van der Waals surface area contributed by atoms with Crippen LogP contribution < -0.4 is 49.6 Å². The fourth-order valence-corrected chi connectivity index (χ4v) is 18.6. The van der Waals surface area contributed by atoms with Crippen LogP contribution in [0.4, 0.5) is 45.0 Å². The van der Waals surface area contributed by atoms with Crippen molar-refractivity contribution in [3.05, 3.63) is 210 Å². The number of pyridine rings is 6. The number of benzene rings is 3. The normalized spacial score (nSPS) is 18.9. The zero-order valence-corrected chi connectivity index (χ0v) is 69.0.